The summed E-state index contributed by atoms with van der Waals surface area (Å²) < 4.78 is 12.1. The number of fused-ring (bicyclic) bond motifs is 1. The van der Waals surface area contributed by atoms with Crippen molar-refractivity contribution in [1.82, 2.24) is 35.1 Å². The van der Waals surface area contributed by atoms with Crippen molar-refractivity contribution in [3.63, 3.8) is 0 Å². The highest BCUT2D eigenvalue weighted by atomic mass is 16.5. The predicted octanol–water partition coefficient (Wildman–Crippen LogP) is 2.72. The van der Waals surface area contributed by atoms with Crippen LogP contribution in [0.5, 0.6) is 5.88 Å². The summed E-state index contributed by atoms with van der Waals surface area (Å²) in [4.78, 5) is 23.4. The van der Waals surface area contributed by atoms with Gasteiger partial charge in [0.15, 0.2) is 5.82 Å². The fourth-order valence-corrected chi connectivity index (χ4v) is 4.73. The molecule has 12 nitrogen and oxygen atoms in total. The summed E-state index contributed by atoms with van der Waals surface area (Å²) in [5, 5.41) is 21.2. The molecule has 12 heteroatoms. The monoisotopic (exact) mass is 498 g/mol. The van der Waals surface area contributed by atoms with Gasteiger partial charge in [0, 0.05) is 37.0 Å². The average molecular weight is 499 g/mol. The molecule has 1 aliphatic heterocycles. The zero-order valence-corrected chi connectivity index (χ0v) is 20.2. The topological polar surface area (TPSA) is 151 Å². The number of nitriles is 1. The average Bonchev–Trinajstić information content (AvgIpc) is 3.50. The second-order valence-corrected chi connectivity index (χ2v) is 9.16. The molecule has 1 saturated carbocycles. The Bertz CT molecular complexity index is 1390. The van der Waals surface area contributed by atoms with E-state index < -0.39 is 0 Å². The number of morpholine rings is 1. The quantitative estimate of drug-likeness (QED) is 0.404. The van der Waals surface area contributed by atoms with Crippen LogP contribution in [0, 0.1) is 11.3 Å². The van der Waals surface area contributed by atoms with E-state index in [9.17, 15) is 0 Å². The molecule has 188 valence electrons. The third-order valence-electron chi connectivity index (χ3n) is 6.72. The van der Waals surface area contributed by atoms with E-state index >= 15 is 0 Å². The third-order valence-corrected chi connectivity index (χ3v) is 6.72. The molecule has 37 heavy (non-hydrogen) atoms. The van der Waals surface area contributed by atoms with Crippen molar-refractivity contribution in [2.24, 2.45) is 0 Å². The molecular weight excluding hydrogens is 472 g/mol. The van der Waals surface area contributed by atoms with Crippen LogP contribution >= 0.6 is 0 Å². The van der Waals surface area contributed by atoms with Crippen molar-refractivity contribution in [1.29, 1.82) is 5.26 Å². The molecule has 4 aromatic heterocycles. The van der Waals surface area contributed by atoms with Crippen LogP contribution in [0.25, 0.3) is 22.3 Å². The number of pyridine rings is 2. The van der Waals surface area contributed by atoms with E-state index in [2.05, 4.69) is 35.4 Å². The van der Waals surface area contributed by atoms with Gasteiger partial charge in [-0.15, -0.1) is 10.2 Å². The van der Waals surface area contributed by atoms with Crippen molar-refractivity contribution in [2.45, 2.75) is 37.8 Å². The molecule has 2 fully saturated rings. The highest BCUT2D eigenvalue weighted by Crippen LogP contribution is 2.33. The number of aromatic amines is 1. The second-order valence-electron chi connectivity index (χ2n) is 9.16. The van der Waals surface area contributed by atoms with Gasteiger partial charge < -0.3 is 24.7 Å². The summed E-state index contributed by atoms with van der Waals surface area (Å²) in [5.41, 5.74) is 2.09. The van der Waals surface area contributed by atoms with Crippen LogP contribution in [0.3, 0.4) is 0 Å². The molecule has 0 unspecified atom stereocenters. The Kier molecular flexibility index (Phi) is 6.43. The summed E-state index contributed by atoms with van der Waals surface area (Å²) in [5.74, 6) is 2.62. The van der Waals surface area contributed by atoms with Crippen LogP contribution in [0.2, 0.25) is 0 Å². The second kappa shape index (κ2) is 10.3. The van der Waals surface area contributed by atoms with Crippen molar-refractivity contribution >= 4 is 22.7 Å². The first kappa shape index (κ1) is 23.1. The highest BCUT2D eigenvalue weighted by Gasteiger charge is 2.25. The minimum Gasteiger partial charge on any atom is -0.474 e. The Morgan fingerprint density at radius 1 is 1.05 bits per heavy atom. The molecule has 2 N–H and O–H groups in total. The van der Waals surface area contributed by atoms with Gasteiger partial charge in [-0.2, -0.15) is 10.2 Å². The maximum Gasteiger partial charge on any atom is 0.225 e. The Morgan fingerprint density at radius 2 is 1.86 bits per heavy atom. The van der Waals surface area contributed by atoms with E-state index in [4.69, 9.17) is 24.7 Å². The normalized spacial score (nSPS) is 19.9. The van der Waals surface area contributed by atoms with E-state index in [1.54, 1.807) is 12.5 Å². The number of ether oxygens (including phenoxy) is 2. The molecule has 0 spiro atoms. The zero-order chi connectivity index (χ0) is 25.0. The maximum absolute atomic E-state index is 8.93. The van der Waals surface area contributed by atoms with Gasteiger partial charge in [-0.1, -0.05) is 0 Å². The molecule has 6 rings (SSSR count). The fraction of sp³-hybridized carbons (Fsp3) is 0.400. The summed E-state index contributed by atoms with van der Waals surface area (Å²) >= 11 is 0. The number of hydrogen-bond acceptors (Lipinski definition) is 11. The Morgan fingerprint density at radius 3 is 2.59 bits per heavy atom. The lowest BCUT2D eigenvalue weighted by atomic mass is 9.93. The summed E-state index contributed by atoms with van der Waals surface area (Å²) in [6, 6.07) is 6.30. The molecule has 1 aliphatic carbocycles. The Labute approximate surface area is 213 Å². The summed E-state index contributed by atoms with van der Waals surface area (Å²) in [6.45, 7) is 2.91. The Hall–Kier alpha value is -4.37. The lowest BCUT2D eigenvalue weighted by molar-refractivity contribution is 0.122. The first-order valence-electron chi connectivity index (χ1n) is 12.4. The van der Waals surface area contributed by atoms with Gasteiger partial charge in [-0.25, -0.2) is 9.97 Å². The summed E-state index contributed by atoms with van der Waals surface area (Å²) in [6.07, 6.45) is 10.00. The molecule has 1 saturated heterocycles. The van der Waals surface area contributed by atoms with Crippen molar-refractivity contribution in [3.05, 3.63) is 42.6 Å². The first-order valence-corrected chi connectivity index (χ1v) is 12.4. The van der Waals surface area contributed by atoms with Crippen LogP contribution in [0.4, 0.5) is 11.8 Å². The lowest BCUT2D eigenvalue weighted by Gasteiger charge is -2.31. The van der Waals surface area contributed by atoms with E-state index in [1.165, 1.54) is 12.4 Å². The van der Waals surface area contributed by atoms with E-state index in [0.717, 1.165) is 61.1 Å². The SMILES string of the molecule is N#Cc1cnc(N[C@H]2CC[C@@H](Oc3nc(N4CCOCC4)cc4ncc(-c5nnc[nH]5)cc34)CC2)nc1. The minimum atomic E-state index is 0.0320. The molecule has 0 bridgehead atoms. The molecule has 0 aromatic carbocycles. The van der Waals surface area contributed by atoms with Crippen LogP contribution < -0.4 is 15.0 Å². The summed E-state index contributed by atoms with van der Waals surface area (Å²) in [7, 11) is 0. The number of H-pyrrole nitrogens is 1. The van der Waals surface area contributed by atoms with Gasteiger partial charge in [-0.05, 0) is 31.7 Å². The van der Waals surface area contributed by atoms with Crippen LogP contribution in [-0.2, 0) is 4.74 Å². The van der Waals surface area contributed by atoms with Gasteiger partial charge in [0.25, 0.3) is 0 Å². The maximum atomic E-state index is 8.93. The van der Waals surface area contributed by atoms with Crippen LogP contribution in [0.1, 0.15) is 31.2 Å². The van der Waals surface area contributed by atoms with Gasteiger partial charge in [0.1, 0.15) is 24.3 Å². The van der Waals surface area contributed by atoms with Gasteiger partial charge >= 0.3 is 0 Å². The highest BCUT2D eigenvalue weighted by molar-refractivity contribution is 5.88. The number of hydrogen-bond donors (Lipinski definition) is 2. The van der Waals surface area contributed by atoms with E-state index in [-0.39, 0.29) is 12.1 Å². The molecule has 0 radical (unpaired) electrons. The lowest BCUT2D eigenvalue weighted by Crippen LogP contribution is -2.37. The van der Waals surface area contributed by atoms with Crippen LogP contribution in [-0.4, -0.2) is 73.6 Å². The largest absolute Gasteiger partial charge is 0.474 e. The number of anilines is 2. The minimum absolute atomic E-state index is 0.0320. The van der Waals surface area contributed by atoms with Gasteiger partial charge in [-0.3, -0.25) is 4.98 Å². The third kappa shape index (κ3) is 5.12. The number of rotatable bonds is 6. The van der Waals surface area contributed by atoms with Crippen molar-refractivity contribution in [3.8, 4) is 23.3 Å². The Balaban J connectivity index is 1.21. The first-order chi connectivity index (χ1) is 18.2. The standard InChI is InChI=1S/C25H26N10O2/c26-11-16-12-28-25(29-13-16)32-18-1-3-19(4-2-18)37-24-20-9-17(23-30-15-31-34-23)14-27-21(20)10-22(33-24)35-5-7-36-8-6-35/h9-10,12-15,18-19H,1-8H2,(H,28,29,32)(H,30,31,34)/t18-,19+. The van der Waals surface area contributed by atoms with E-state index in [1.807, 2.05) is 18.2 Å². The number of nitrogens with one attached hydrogen (secondary N) is 2. The number of aromatic nitrogens is 7. The molecule has 0 amide bonds. The van der Waals surface area contributed by atoms with E-state index in [0.29, 0.717) is 36.4 Å². The van der Waals surface area contributed by atoms with Crippen molar-refractivity contribution < 1.29 is 9.47 Å². The molecule has 4 aromatic rings. The fourth-order valence-electron chi connectivity index (χ4n) is 4.73. The number of nitrogens with zero attached hydrogens (tertiary/aromatic N) is 8. The predicted molar refractivity (Wildman–Crippen MR) is 135 cm³/mol. The molecule has 0 atom stereocenters. The molecule has 5 heterocycles. The zero-order valence-electron chi connectivity index (χ0n) is 20.2. The molecular formula is C25H26N10O2. The molecule has 2 aliphatic rings. The van der Waals surface area contributed by atoms with Gasteiger partial charge in [0.05, 0.1) is 42.1 Å². The smallest absolute Gasteiger partial charge is 0.225 e. The van der Waals surface area contributed by atoms with Crippen molar-refractivity contribution in [2.75, 3.05) is 36.5 Å². The van der Waals surface area contributed by atoms with Gasteiger partial charge in [0.2, 0.25) is 11.8 Å². The van der Waals surface area contributed by atoms with Crippen LogP contribution in [0.15, 0.2) is 37.1 Å².